The average Bonchev–Trinajstić information content (AvgIpc) is 2.85. The van der Waals surface area contributed by atoms with Crippen molar-refractivity contribution in [3.63, 3.8) is 0 Å². The van der Waals surface area contributed by atoms with Gasteiger partial charge in [0.15, 0.2) is 17.5 Å². The lowest BCUT2D eigenvalue weighted by molar-refractivity contribution is 0.463. The van der Waals surface area contributed by atoms with Crippen LogP contribution in [0.25, 0.3) is 34.2 Å². The molecule has 5 aromatic rings. The van der Waals surface area contributed by atoms with E-state index in [1.165, 1.54) is 0 Å². The van der Waals surface area contributed by atoms with Gasteiger partial charge in [-0.15, -0.1) is 0 Å². The van der Waals surface area contributed by atoms with Crippen molar-refractivity contribution in [2.45, 2.75) is 0 Å². The Bertz CT molecular complexity index is 1360. The van der Waals surface area contributed by atoms with Gasteiger partial charge in [-0.2, -0.15) is 0 Å². The van der Waals surface area contributed by atoms with E-state index in [0.717, 1.165) is 11.1 Å². The van der Waals surface area contributed by atoms with Crippen LogP contribution in [0.3, 0.4) is 0 Å². The predicted octanol–water partition coefficient (Wildman–Crippen LogP) is 5.77. The van der Waals surface area contributed by atoms with Crippen LogP contribution < -0.4 is 4.74 Å². The quantitative estimate of drug-likeness (QED) is 0.390. The fourth-order valence-corrected chi connectivity index (χ4v) is 3.23. The van der Waals surface area contributed by atoms with E-state index in [1.807, 2.05) is 72.8 Å². The molecule has 0 spiro atoms. The zero-order valence-corrected chi connectivity index (χ0v) is 17.0. The summed E-state index contributed by atoms with van der Waals surface area (Å²) < 4.78 is 5.87. The molecule has 3 aromatic carbocycles. The summed E-state index contributed by atoms with van der Waals surface area (Å²) in [5.74, 6) is 2.61. The van der Waals surface area contributed by atoms with E-state index >= 15 is 0 Å². The second-order valence-corrected chi connectivity index (χ2v) is 6.99. The zero-order valence-electron chi connectivity index (χ0n) is 17.0. The average molecular weight is 418 g/mol. The van der Waals surface area contributed by atoms with Crippen molar-refractivity contribution in [1.29, 1.82) is 0 Å². The Labute approximate surface area is 184 Å². The maximum atomic E-state index is 10.4. The molecule has 0 amide bonds. The SMILES string of the molecule is Oc1ccccc1-c1nc(-c2ccccc2)nc(-c2cccc(Oc3ccccn3)c2)n1. The van der Waals surface area contributed by atoms with Gasteiger partial charge >= 0.3 is 0 Å². The monoisotopic (exact) mass is 418 g/mol. The van der Waals surface area contributed by atoms with Crippen molar-refractivity contribution >= 4 is 0 Å². The zero-order chi connectivity index (χ0) is 21.8. The van der Waals surface area contributed by atoms with Gasteiger partial charge in [0.1, 0.15) is 11.5 Å². The van der Waals surface area contributed by atoms with Gasteiger partial charge in [0.2, 0.25) is 5.88 Å². The van der Waals surface area contributed by atoms with Gasteiger partial charge in [-0.1, -0.05) is 60.7 Å². The first-order valence-corrected chi connectivity index (χ1v) is 10.1. The molecule has 1 N–H and O–H groups in total. The number of pyridine rings is 1. The summed E-state index contributed by atoms with van der Waals surface area (Å²) in [5.41, 5.74) is 2.15. The molecule has 2 heterocycles. The number of phenols is 1. The lowest BCUT2D eigenvalue weighted by atomic mass is 10.1. The summed E-state index contributed by atoms with van der Waals surface area (Å²) in [7, 11) is 0. The Hall–Kier alpha value is -4.58. The van der Waals surface area contributed by atoms with Crippen molar-refractivity contribution in [2.75, 3.05) is 0 Å². The summed E-state index contributed by atoms with van der Waals surface area (Å²) in [4.78, 5) is 18.2. The van der Waals surface area contributed by atoms with Gasteiger partial charge in [-0.3, -0.25) is 0 Å². The number of ether oxygens (including phenoxy) is 1. The lowest BCUT2D eigenvalue weighted by Gasteiger charge is -2.10. The molecular formula is C26H18N4O2. The Morgan fingerprint density at radius 1 is 0.594 bits per heavy atom. The second kappa shape index (κ2) is 8.65. The first-order chi connectivity index (χ1) is 15.8. The number of aromatic nitrogens is 4. The Balaban J connectivity index is 1.61. The molecule has 0 unspecified atom stereocenters. The van der Waals surface area contributed by atoms with Crippen molar-refractivity contribution in [3.8, 4) is 51.5 Å². The molecule has 0 saturated carbocycles. The molecule has 0 aliphatic heterocycles. The number of aromatic hydroxyl groups is 1. The third-order valence-corrected chi connectivity index (χ3v) is 4.76. The minimum atomic E-state index is 0.107. The molecule has 6 nitrogen and oxygen atoms in total. The van der Waals surface area contributed by atoms with Gasteiger partial charge in [0, 0.05) is 23.4 Å². The normalized spacial score (nSPS) is 10.6. The molecule has 0 aliphatic rings. The van der Waals surface area contributed by atoms with Gasteiger partial charge < -0.3 is 9.84 Å². The van der Waals surface area contributed by atoms with Crippen LogP contribution in [-0.2, 0) is 0 Å². The molecule has 0 fully saturated rings. The van der Waals surface area contributed by atoms with E-state index in [0.29, 0.717) is 34.7 Å². The van der Waals surface area contributed by atoms with Crippen LogP contribution >= 0.6 is 0 Å². The largest absolute Gasteiger partial charge is 0.507 e. The Kier molecular flexibility index (Phi) is 5.24. The number of para-hydroxylation sites is 1. The molecule has 2 aromatic heterocycles. The maximum Gasteiger partial charge on any atom is 0.219 e. The smallest absolute Gasteiger partial charge is 0.219 e. The summed E-state index contributed by atoms with van der Waals surface area (Å²) in [5, 5.41) is 10.4. The maximum absolute atomic E-state index is 10.4. The van der Waals surface area contributed by atoms with Gasteiger partial charge in [-0.25, -0.2) is 19.9 Å². The number of hydrogen-bond acceptors (Lipinski definition) is 6. The van der Waals surface area contributed by atoms with Gasteiger partial charge in [0.25, 0.3) is 0 Å². The number of phenolic OH excluding ortho intramolecular Hbond substituents is 1. The topological polar surface area (TPSA) is 81.0 Å². The predicted molar refractivity (Wildman–Crippen MR) is 122 cm³/mol. The summed E-state index contributed by atoms with van der Waals surface area (Å²) in [6.45, 7) is 0. The second-order valence-electron chi connectivity index (χ2n) is 6.99. The van der Waals surface area contributed by atoms with Crippen LogP contribution in [0.2, 0.25) is 0 Å². The summed E-state index contributed by atoms with van der Waals surface area (Å²) >= 11 is 0. The number of hydrogen-bond donors (Lipinski definition) is 1. The minimum absolute atomic E-state index is 0.107. The molecule has 0 aliphatic carbocycles. The van der Waals surface area contributed by atoms with Gasteiger partial charge in [0.05, 0.1) is 5.56 Å². The molecule has 32 heavy (non-hydrogen) atoms. The van der Waals surface area contributed by atoms with Crippen molar-refractivity contribution in [1.82, 2.24) is 19.9 Å². The van der Waals surface area contributed by atoms with Crippen molar-refractivity contribution in [2.24, 2.45) is 0 Å². The molecule has 0 radical (unpaired) electrons. The standard InChI is InChI=1S/C26H18N4O2/c31-22-14-5-4-13-21(22)26-29-24(18-9-2-1-3-10-18)28-25(30-26)19-11-8-12-20(17-19)32-23-15-6-7-16-27-23/h1-17,31H. The van der Waals surface area contributed by atoms with Crippen LogP contribution in [0.1, 0.15) is 0 Å². The molecule has 0 saturated heterocycles. The van der Waals surface area contributed by atoms with E-state index in [-0.39, 0.29) is 5.75 Å². The molecular weight excluding hydrogens is 400 g/mol. The molecule has 0 bridgehead atoms. The fourth-order valence-electron chi connectivity index (χ4n) is 3.23. The van der Waals surface area contributed by atoms with Gasteiger partial charge in [-0.05, 0) is 30.3 Å². The van der Waals surface area contributed by atoms with Crippen LogP contribution in [0.15, 0.2) is 103 Å². The number of nitrogens with zero attached hydrogens (tertiary/aromatic N) is 4. The van der Waals surface area contributed by atoms with E-state index in [4.69, 9.17) is 9.72 Å². The summed E-state index contributed by atoms with van der Waals surface area (Å²) in [6, 6.07) is 29.6. The van der Waals surface area contributed by atoms with Crippen molar-refractivity contribution in [3.05, 3.63) is 103 Å². The third kappa shape index (κ3) is 4.15. The fraction of sp³-hybridized carbons (Fsp3) is 0. The molecule has 0 atom stereocenters. The van der Waals surface area contributed by atoms with E-state index in [9.17, 15) is 5.11 Å². The molecule has 6 heteroatoms. The summed E-state index contributed by atoms with van der Waals surface area (Å²) in [6.07, 6.45) is 1.68. The van der Waals surface area contributed by atoms with E-state index in [2.05, 4.69) is 15.0 Å². The minimum Gasteiger partial charge on any atom is -0.507 e. The van der Waals surface area contributed by atoms with Crippen LogP contribution in [0.5, 0.6) is 17.4 Å². The molecule has 5 rings (SSSR count). The number of benzene rings is 3. The molecule has 154 valence electrons. The first-order valence-electron chi connectivity index (χ1n) is 10.1. The Morgan fingerprint density at radius 2 is 1.28 bits per heavy atom. The number of rotatable bonds is 5. The highest BCUT2D eigenvalue weighted by Crippen LogP contribution is 2.31. The van der Waals surface area contributed by atoms with Crippen molar-refractivity contribution < 1.29 is 9.84 Å². The highest BCUT2D eigenvalue weighted by Gasteiger charge is 2.14. The highest BCUT2D eigenvalue weighted by molar-refractivity contribution is 5.69. The van der Waals surface area contributed by atoms with E-state index in [1.54, 1.807) is 30.5 Å². The third-order valence-electron chi connectivity index (χ3n) is 4.76. The van der Waals surface area contributed by atoms with Crippen LogP contribution in [0.4, 0.5) is 0 Å². The first kappa shape index (κ1) is 19.4. The Morgan fingerprint density at radius 3 is 2.06 bits per heavy atom. The van der Waals surface area contributed by atoms with Crippen LogP contribution in [-0.4, -0.2) is 25.0 Å². The lowest BCUT2D eigenvalue weighted by Crippen LogP contribution is -2.00. The highest BCUT2D eigenvalue weighted by atomic mass is 16.5. The van der Waals surface area contributed by atoms with Crippen LogP contribution in [0, 0.1) is 0 Å². The van der Waals surface area contributed by atoms with E-state index < -0.39 is 0 Å².